The zero-order chi connectivity index (χ0) is 26.5. The van der Waals surface area contributed by atoms with Gasteiger partial charge in [0, 0.05) is 25.0 Å². The van der Waals surface area contributed by atoms with Crippen LogP contribution in [0.25, 0.3) is 10.9 Å². The van der Waals surface area contributed by atoms with Crippen molar-refractivity contribution >= 4 is 67.2 Å². The van der Waals surface area contributed by atoms with Crippen LogP contribution in [0.2, 0.25) is 8.67 Å². The van der Waals surface area contributed by atoms with Crippen molar-refractivity contribution in [2.45, 2.75) is 62.7 Å². The van der Waals surface area contributed by atoms with Gasteiger partial charge >= 0.3 is 0 Å². The third-order valence-electron chi connectivity index (χ3n) is 7.88. The number of sulfonamides is 1. The molecule has 0 radical (unpaired) electrons. The highest BCUT2D eigenvalue weighted by Crippen LogP contribution is 2.35. The standard InChI is InChI=1S/C27H35Cl2N5O2S2/c28-24-14-23(25(29)37-24)38(35,36)32-17-20-12-10-19(11-13-20)16-31-27-33-22-9-5-4-8-21(22)26(34-27)30-15-18-6-2-1-3-7-18/h4-5,8-9,14,18-20,32H,1-3,6-7,10-13,15-17H2,(H2,30,31,33,34)/t19-,20-. The van der Waals surface area contributed by atoms with E-state index >= 15 is 0 Å². The molecule has 2 saturated carbocycles. The maximum atomic E-state index is 12.6. The van der Waals surface area contributed by atoms with E-state index < -0.39 is 10.0 Å². The Morgan fingerprint density at radius 3 is 2.21 bits per heavy atom. The van der Waals surface area contributed by atoms with Gasteiger partial charge in [-0.3, -0.25) is 0 Å². The molecule has 2 heterocycles. The Bertz CT molecular complexity index is 1340. The first-order valence-corrected chi connectivity index (χ1v) is 16.6. The van der Waals surface area contributed by atoms with Gasteiger partial charge in [0.15, 0.2) is 0 Å². The Hall–Kier alpha value is -1.65. The lowest BCUT2D eigenvalue weighted by Crippen LogP contribution is -2.32. The second kappa shape index (κ2) is 12.7. The zero-order valence-corrected chi connectivity index (χ0v) is 24.5. The average Bonchev–Trinajstić information content (AvgIpc) is 3.29. The van der Waals surface area contributed by atoms with Crippen LogP contribution in [-0.2, 0) is 10.0 Å². The van der Waals surface area contributed by atoms with E-state index in [1.807, 2.05) is 18.2 Å². The van der Waals surface area contributed by atoms with Crippen molar-refractivity contribution in [3.63, 3.8) is 0 Å². The van der Waals surface area contributed by atoms with Crippen LogP contribution in [0.3, 0.4) is 0 Å². The highest BCUT2D eigenvalue weighted by molar-refractivity contribution is 7.89. The number of thiophene rings is 1. The molecule has 5 rings (SSSR count). The van der Waals surface area contributed by atoms with Gasteiger partial charge in [-0.2, -0.15) is 4.98 Å². The predicted octanol–water partition coefficient (Wildman–Crippen LogP) is 7.19. The van der Waals surface area contributed by atoms with E-state index in [0.29, 0.717) is 34.6 Å². The lowest BCUT2D eigenvalue weighted by molar-refractivity contribution is 0.284. The fraction of sp³-hybridized carbons (Fsp3) is 0.556. The second-order valence-electron chi connectivity index (χ2n) is 10.6. The average molecular weight is 597 g/mol. The molecule has 7 nitrogen and oxygen atoms in total. The van der Waals surface area contributed by atoms with E-state index in [2.05, 4.69) is 21.4 Å². The van der Waals surface area contributed by atoms with Crippen LogP contribution in [0.5, 0.6) is 0 Å². The summed E-state index contributed by atoms with van der Waals surface area (Å²) in [6, 6.07) is 9.58. The van der Waals surface area contributed by atoms with Gasteiger partial charge in [0.05, 0.1) is 9.85 Å². The van der Waals surface area contributed by atoms with Gasteiger partial charge in [0.2, 0.25) is 16.0 Å². The van der Waals surface area contributed by atoms with Crippen molar-refractivity contribution in [1.29, 1.82) is 0 Å². The van der Waals surface area contributed by atoms with Crippen molar-refractivity contribution in [1.82, 2.24) is 14.7 Å². The van der Waals surface area contributed by atoms with Crippen LogP contribution in [0.4, 0.5) is 11.8 Å². The van der Waals surface area contributed by atoms with Crippen molar-refractivity contribution in [3.8, 4) is 0 Å². The molecule has 0 bridgehead atoms. The van der Waals surface area contributed by atoms with Gasteiger partial charge in [0.1, 0.15) is 15.0 Å². The number of hydrogen-bond donors (Lipinski definition) is 3. The SMILES string of the molecule is O=S(=O)(NC[C@H]1CC[C@H](CNc2nc(NCC3CCCCC3)c3ccccc3n2)CC1)c1cc(Cl)sc1Cl. The van der Waals surface area contributed by atoms with Crippen LogP contribution < -0.4 is 15.4 Å². The van der Waals surface area contributed by atoms with E-state index in [1.165, 1.54) is 38.2 Å². The van der Waals surface area contributed by atoms with Crippen LogP contribution in [-0.4, -0.2) is 38.0 Å². The zero-order valence-electron chi connectivity index (χ0n) is 21.4. The summed E-state index contributed by atoms with van der Waals surface area (Å²) in [5.74, 6) is 3.10. The minimum atomic E-state index is -3.65. The number of rotatable bonds is 10. The van der Waals surface area contributed by atoms with Crippen LogP contribution >= 0.6 is 34.5 Å². The van der Waals surface area contributed by atoms with Gasteiger partial charge in [0.25, 0.3) is 0 Å². The molecule has 38 heavy (non-hydrogen) atoms. The lowest BCUT2D eigenvalue weighted by Gasteiger charge is -2.28. The molecule has 0 saturated heterocycles. The molecule has 2 fully saturated rings. The number of nitrogens with zero attached hydrogens (tertiary/aromatic N) is 2. The molecule has 3 N–H and O–H groups in total. The Morgan fingerprint density at radius 2 is 1.50 bits per heavy atom. The number of nitrogens with one attached hydrogen (secondary N) is 3. The molecule has 0 unspecified atom stereocenters. The summed E-state index contributed by atoms with van der Waals surface area (Å²) in [5.41, 5.74) is 0.944. The summed E-state index contributed by atoms with van der Waals surface area (Å²) in [6.45, 7) is 2.18. The number of fused-ring (bicyclic) bond motifs is 1. The highest BCUT2D eigenvalue weighted by Gasteiger charge is 2.25. The Balaban J connectivity index is 1.12. The maximum absolute atomic E-state index is 12.6. The molecule has 1 aromatic carbocycles. The minimum Gasteiger partial charge on any atom is -0.369 e. The van der Waals surface area contributed by atoms with E-state index in [1.54, 1.807) is 0 Å². The fourth-order valence-electron chi connectivity index (χ4n) is 5.61. The molecule has 11 heteroatoms. The lowest BCUT2D eigenvalue weighted by atomic mass is 9.82. The third-order valence-corrected chi connectivity index (χ3v) is 11.1. The van der Waals surface area contributed by atoms with Crippen molar-refractivity contribution in [2.24, 2.45) is 17.8 Å². The van der Waals surface area contributed by atoms with Gasteiger partial charge in [-0.25, -0.2) is 18.1 Å². The molecule has 2 aliphatic carbocycles. The summed E-state index contributed by atoms with van der Waals surface area (Å²) in [7, 11) is -3.65. The molecule has 0 amide bonds. The molecular weight excluding hydrogens is 561 g/mol. The summed E-state index contributed by atoms with van der Waals surface area (Å²) >= 11 is 13.0. The van der Waals surface area contributed by atoms with Gasteiger partial charge in [-0.15, -0.1) is 11.3 Å². The molecule has 0 atom stereocenters. The van der Waals surface area contributed by atoms with Crippen molar-refractivity contribution < 1.29 is 8.42 Å². The molecule has 206 valence electrons. The summed E-state index contributed by atoms with van der Waals surface area (Å²) < 4.78 is 28.5. The number of halogens is 2. The molecular formula is C27H35Cl2N5O2S2. The number of hydrogen-bond acceptors (Lipinski definition) is 7. The van der Waals surface area contributed by atoms with E-state index in [-0.39, 0.29) is 9.23 Å². The number of benzene rings is 1. The molecule has 2 aliphatic rings. The van der Waals surface area contributed by atoms with Gasteiger partial charge in [-0.1, -0.05) is 54.6 Å². The van der Waals surface area contributed by atoms with Crippen LogP contribution in [0.1, 0.15) is 57.8 Å². The van der Waals surface area contributed by atoms with Gasteiger partial charge in [-0.05, 0) is 74.5 Å². The first kappa shape index (κ1) is 27.9. The topological polar surface area (TPSA) is 96.0 Å². The normalized spacial score (nSPS) is 21.0. The maximum Gasteiger partial charge on any atom is 0.242 e. The second-order valence-corrected chi connectivity index (χ2v) is 14.6. The van der Waals surface area contributed by atoms with Crippen LogP contribution in [0, 0.1) is 17.8 Å². The largest absolute Gasteiger partial charge is 0.369 e. The Morgan fingerprint density at radius 1 is 0.842 bits per heavy atom. The van der Waals surface area contributed by atoms with Crippen molar-refractivity contribution in [3.05, 3.63) is 39.0 Å². The summed E-state index contributed by atoms with van der Waals surface area (Å²) in [5, 5.41) is 8.17. The fourth-order valence-corrected chi connectivity index (χ4v) is 8.88. The summed E-state index contributed by atoms with van der Waals surface area (Å²) in [6.07, 6.45) is 10.6. The first-order valence-electron chi connectivity index (χ1n) is 13.6. The van der Waals surface area contributed by atoms with Gasteiger partial charge < -0.3 is 10.6 Å². The van der Waals surface area contributed by atoms with Crippen LogP contribution in [0.15, 0.2) is 35.2 Å². The molecule has 2 aromatic heterocycles. The minimum absolute atomic E-state index is 0.0648. The Labute approximate surface area is 239 Å². The Kier molecular flexibility index (Phi) is 9.31. The summed E-state index contributed by atoms with van der Waals surface area (Å²) in [4.78, 5) is 9.68. The number of aromatic nitrogens is 2. The molecule has 0 spiro atoms. The molecule has 0 aliphatic heterocycles. The number of para-hydroxylation sites is 1. The molecule has 3 aromatic rings. The number of anilines is 2. The van der Waals surface area contributed by atoms with Crippen molar-refractivity contribution in [2.75, 3.05) is 30.3 Å². The third kappa shape index (κ3) is 7.10. The predicted molar refractivity (Wildman–Crippen MR) is 158 cm³/mol. The van der Waals surface area contributed by atoms with E-state index in [0.717, 1.165) is 66.8 Å². The van der Waals surface area contributed by atoms with E-state index in [4.69, 9.17) is 33.2 Å². The van der Waals surface area contributed by atoms with E-state index in [9.17, 15) is 8.42 Å². The first-order chi connectivity index (χ1) is 18.4. The quantitative estimate of drug-likeness (QED) is 0.229. The smallest absolute Gasteiger partial charge is 0.242 e. The monoisotopic (exact) mass is 595 g/mol. The highest BCUT2D eigenvalue weighted by atomic mass is 35.5.